The Morgan fingerprint density at radius 2 is 0.843 bits per heavy atom. The van der Waals surface area contributed by atoms with Crippen molar-refractivity contribution in [1.29, 1.82) is 0 Å². The molecule has 19 heteroatoms. The predicted molar refractivity (Wildman–Crippen MR) is 272 cm³/mol. The van der Waals surface area contributed by atoms with E-state index in [0.717, 1.165) is 0 Å². The summed E-state index contributed by atoms with van der Waals surface area (Å²) in [7, 11) is 0. The SMILES string of the molecule is CC(C)C[C@@H](CC(=O)O)NC(=O)[C@@H](C)CNC(=O)C[C@@H](NC(=O)[C@H](CNC(=O)C[C@H](C)NC(=O)[C@H](CNC(=O)C[C@H](CC(C)C)NC(=O)[C@@H](C)CNC(=O)C[C@@H](N)C(C)C)C(C)C)CC(C)C)C(C)C. The molecule has 0 rings (SSSR count). The maximum Gasteiger partial charge on any atom is 0.305 e. The van der Waals surface area contributed by atoms with Crippen molar-refractivity contribution in [2.45, 2.75) is 185 Å². The van der Waals surface area contributed by atoms with Crippen molar-refractivity contribution in [2.75, 3.05) is 26.2 Å². The van der Waals surface area contributed by atoms with Gasteiger partial charge in [0.05, 0.1) is 30.1 Å². The van der Waals surface area contributed by atoms with E-state index in [2.05, 4.69) is 42.5 Å². The van der Waals surface area contributed by atoms with Gasteiger partial charge in [0.1, 0.15) is 0 Å². The first-order chi connectivity index (χ1) is 32.4. The van der Waals surface area contributed by atoms with E-state index in [1.54, 1.807) is 20.8 Å². The Morgan fingerprint density at radius 3 is 1.29 bits per heavy atom. The zero-order valence-electron chi connectivity index (χ0n) is 45.3. The summed E-state index contributed by atoms with van der Waals surface area (Å²) in [6.45, 7) is 28.4. The summed E-state index contributed by atoms with van der Waals surface area (Å²) in [6.07, 6.45) is 1.36. The maximum atomic E-state index is 13.7. The van der Waals surface area contributed by atoms with Crippen LogP contribution in [0.15, 0.2) is 0 Å². The molecule has 19 nitrogen and oxygen atoms in total. The van der Waals surface area contributed by atoms with Gasteiger partial charge in [-0.1, -0.05) is 96.9 Å². The number of rotatable bonds is 35. The first-order valence-corrected chi connectivity index (χ1v) is 25.7. The van der Waals surface area contributed by atoms with Crippen LogP contribution in [0.5, 0.6) is 0 Å². The van der Waals surface area contributed by atoms with E-state index in [9.17, 15) is 48.3 Å². The molecular weight excluding hydrogens is 899 g/mol. The molecule has 0 aliphatic rings. The third kappa shape index (κ3) is 29.4. The van der Waals surface area contributed by atoms with Crippen LogP contribution in [0.1, 0.15) is 155 Å². The second-order valence-electron chi connectivity index (χ2n) is 22.0. The lowest BCUT2D eigenvalue weighted by molar-refractivity contribution is -0.138. The van der Waals surface area contributed by atoms with Crippen molar-refractivity contribution < 1.29 is 48.3 Å². The highest BCUT2D eigenvalue weighted by Crippen LogP contribution is 2.17. The Hall–Kier alpha value is -4.81. The molecule has 9 atom stereocenters. The number of amides is 8. The lowest BCUT2D eigenvalue weighted by Crippen LogP contribution is -2.48. The quantitative estimate of drug-likeness (QED) is 0.0439. The van der Waals surface area contributed by atoms with Crippen LogP contribution in [-0.4, -0.2) is 115 Å². The van der Waals surface area contributed by atoms with Crippen molar-refractivity contribution in [3.8, 4) is 0 Å². The smallest absolute Gasteiger partial charge is 0.305 e. The number of carbonyl (C=O) groups is 9. The molecule has 0 aromatic rings. The Labute approximate surface area is 419 Å². The summed E-state index contributed by atoms with van der Waals surface area (Å²) in [5, 5.41) is 32.1. The molecule has 0 aliphatic carbocycles. The van der Waals surface area contributed by atoms with Crippen LogP contribution < -0.4 is 48.3 Å². The van der Waals surface area contributed by atoms with Gasteiger partial charge in [-0.3, -0.25) is 43.2 Å². The molecule has 11 N–H and O–H groups in total. The highest BCUT2D eigenvalue weighted by molar-refractivity contribution is 5.85. The highest BCUT2D eigenvalue weighted by atomic mass is 16.4. The molecule has 0 aromatic carbocycles. The third-order valence-electron chi connectivity index (χ3n) is 12.2. The van der Waals surface area contributed by atoms with Crippen molar-refractivity contribution in [3.63, 3.8) is 0 Å². The van der Waals surface area contributed by atoms with Crippen molar-refractivity contribution in [2.24, 2.45) is 64.9 Å². The zero-order valence-corrected chi connectivity index (χ0v) is 45.3. The Kier molecular flexibility index (Phi) is 31.4. The topological polar surface area (TPSA) is 296 Å². The van der Waals surface area contributed by atoms with Gasteiger partial charge in [0.2, 0.25) is 47.3 Å². The van der Waals surface area contributed by atoms with E-state index in [1.165, 1.54) is 0 Å². The molecule has 0 radical (unpaired) electrons. The normalized spacial score (nSPS) is 15.5. The molecule has 0 spiro atoms. The lowest BCUT2D eigenvalue weighted by atomic mass is 9.93. The Balaban J connectivity index is 5.33. The first kappa shape index (κ1) is 65.2. The molecule has 0 saturated heterocycles. The van der Waals surface area contributed by atoms with Gasteiger partial charge >= 0.3 is 5.97 Å². The van der Waals surface area contributed by atoms with Gasteiger partial charge in [0.25, 0.3) is 0 Å². The van der Waals surface area contributed by atoms with Gasteiger partial charge in [-0.25, -0.2) is 0 Å². The van der Waals surface area contributed by atoms with Gasteiger partial charge in [0.15, 0.2) is 0 Å². The monoisotopic (exact) mass is 994 g/mol. The summed E-state index contributed by atoms with van der Waals surface area (Å²) in [6, 6.07) is -2.39. The van der Waals surface area contributed by atoms with Crippen LogP contribution in [0, 0.1) is 59.2 Å². The van der Waals surface area contributed by atoms with Gasteiger partial charge < -0.3 is 53.4 Å². The van der Waals surface area contributed by atoms with E-state index in [1.807, 2.05) is 83.1 Å². The van der Waals surface area contributed by atoms with Crippen LogP contribution >= 0.6 is 0 Å². The van der Waals surface area contributed by atoms with Gasteiger partial charge in [-0.2, -0.15) is 0 Å². The summed E-state index contributed by atoms with van der Waals surface area (Å²) < 4.78 is 0. The van der Waals surface area contributed by atoms with Crippen LogP contribution in [0.4, 0.5) is 0 Å². The maximum absolute atomic E-state index is 13.7. The van der Waals surface area contributed by atoms with E-state index in [4.69, 9.17) is 5.73 Å². The fourth-order valence-corrected chi connectivity index (χ4v) is 7.68. The molecule has 8 amide bonds. The largest absolute Gasteiger partial charge is 0.481 e. The summed E-state index contributed by atoms with van der Waals surface area (Å²) >= 11 is 0. The van der Waals surface area contributed by atoms with Gasteiger partial charge in [-0.15, -0.1) is 0 Å². The number of hydrogen-bond donors (Lipinski definition) is 10. The van der Waals surface area contributed by atoms with E-state index >= 15 is 0 Å². The van der Waals surface area contributed by atoms with Crippen LogP contribution in [0.25, 0.3) is 0 Å². The molecule has 0 fully saturated rings. The summed E-state index contributed by atoms with van der Waals surface area (Å²) in [5.41, 5.74) is 6.00. The number of aliphatic carboxylic acids is 1. The second-order valence-corrected chi connectivity index (χ2v) is 22.0. The third-order valence-corrected chi connectivity index (χ3v) is 12.2. The van der Waals surface area contributed by atoms with Gasteiger partial charge in [0, 0.05) is 82.1 Å². The van der Waals surface area contributed by atoms with E-state index in [0.29, 0.717) is 19.3 Å². The van der Waals surface area contributed by atoms with Crippen molar-refractivity contribution >= 4 is 53.2 Å². The highest BCUT2D eigenvalue weighted by Gasteiger charge is 2.30. The number of nitrogens with two attached hydrogens (primary N) is 1. The molecule has 404 valence electrons. The minimum absolute atomic E-state index is 0.00176. The second kappa shape index (κ2) is 33.7. The minimum atomic E-state index is -1.01. The van der Waals surface area contributed by atoms with Crippen molar-refractivity contribution in [3.05, 3.63) is 0 Å². The molecule has 70 heavy (non-hydrogen) atoms. The predicted octanol–water partition coefficient (Wildman–Crippen LogP) is 3.38. The molecule has 0 saturated carbocycles. The van der Waals surface area contributed by atoms with E-state index < -0.39 is 53.8 Å². The molecule has 0 bridgehead atoms. The molecular formula is C51H95N9O10. The number of carbonyl (C=O) groups excluding carboxylic acids is 8. The first-order valence-electron chi connectivity index (χ1n) is 25.7. The Bertz CT molecular complexity index is 1670. The van der Waals surface area contributed by atoms with E-state index in [-0.39, 0.29) is 147 Å². The number of nitrogens with one attached hydrogen (secondary N) is 8. The van der Waals surface area contributed by atoms with Crippen molar-refractivity contribution in [1.82, 2.24) is 42.5 Å². The average molecular weight is 994 g/mol. The fourth-order valence-electron chi connectivity index (χ4n) is 7.68. The molecule has 0 aliphatic heterocycles. The number of carboxylic acids is 1. The lowest BCUT2D eigenvalue weighted by Gasteiger charge is -2.27. The Morgan fingerprint density at radius 1 is 0.414 bits per heavy atom. The van der Waals surface area contributed by atoms with Gasteiger partial charge in [-0.05, 0) is 61.7 Å². The standard InChI is InChI=1S/C51H95N9O10/c1-28(2)16-37(50(69)60-42(33(11)12)23-46(64)54-25-35(14)49(68)59-39(18-30(5)6)21-47(65)66)26-55-43(61)19-36(15)57-51(70)40(31(7)8)27-56-44(62)20-38(17-29(3)4)58-48(67)34(13)24-53-45(63)22-41(52)32(9)10/h28-42H,16-27,52H2,1-15H3,(H,53,63)(H,54,64)(H,55,61)(H,56,62)(H,57,70)(H,58,67)(H,59,68)(H,60,69)(H,65,66)/t34-,35-,36-,37-,38-,39-,40+,41+,42+/m0/s1. The number of carboxylic acid groups (broad SMARTS) is 1. The zero-order chi connectivity index (χ0) is 54.0. The number of hydrogen-bond acceptors (Lipinski definition) is 10. The fraction of sp³-hybridized carbons (Fsp3) is 0.824. The van der Waals surface area contributed by atoms with Crippen LogP contribution in [0.3, 0.4) is 0 Å². The van der Waals surface area contributed by atoms with Crippen LogP contribution in [-0.2, 0) is 43.2 Å². The summed E-state index contributed by atoms with van der Waals surface area (Å²) in [5.74, 6) is -5.67. The van der Waals surface area contributed by atoms with Crippen LogP contribution in [0.2, 0.25) is 0 Å². The minimum Gasteiger partial charge on any atom is -0.481 e. The molecule has 0 aromatic heterocycles. The summed E-state index contributed by atoms with van der Waals surface area (Å²) in [4.78, 5) is 116. The molecule has 0 heterocycles. The molecule has 0 unspecified atom stereocenters. The average Bonchev–Trinajstić information content (AvgIpc) is 3.21.